The van der Waals surface area contributed by atoms with Gasteiger partial charge < -0.3 is 4.74 Å². The number of nitrogens with zero attached hydrogens (tertiary/aromatic N) is 3. The van der Waals surface area contributed by atoms with Crippen LogP contribution >= 0.6 is 0 Å². The monoisotopic (exact) mass is 261 g/mol. The van der Waals surface area contributed by atoms with E-state index in [4.69, 9.17) is 4.74 Å². The molecule has 102 valence electrons. The van der Waals surface area contributed by atoms with E-state index in [1.54, 1.807) is 45.3 Å². The number of amides is 1. The Morgan fingerprint density at radius 2 is 2.26 bits per heavy atom. The van der Waals surface area contributed by atoms with E-state index in [0.717, 1.165) is 0 Å². The van der Waals surface area contributed by atoms with Crippen LogP contribution in [0.15, 0.2) is 24.5 Å². The zero-order valence-electron chi connectivity index (χ0n) is 11.8. The van der Waals surface area contributed by atoms with Crippen LogP contribution in [0.2, 0.25) is 0 Å². The van der Waals surface area contributed by atoms with Crippen molar-refractivity contribution < 1.29 is 9.53 Å². The second-order valence-electron chi connectivity index (χ2n) is 5.08. The van der Waals surface area contributed by atoms with Crippen molar-refractivity contribution >= 4 is 6.09 Å². The molecule has 0 radical (unpaired) electrons. The fourth-order valence-corrected chi connectivity index (χ4v) is 1.60. The summed E-state index contributed by atoms with van der Waals surface area (Å²) in [6, 6.07) is 4.95. The Morgan fingerprint density at radius 3 is 2.68 bits per heavy atom. The summed E-state index contributed by atoms with van der Waals surface area (Å²) >= 11 is 0. The third kappa shape index (κ3) is 4.25. The molecule has 0 saturated heterocycles. The van der Waals surface area contributed by atoms with Gasteiger partial charge in [0.1, 0.15) is 11.6 Å². The van der Waals surface area contributed by atoms with Crippen LogP contribution < -0.4 is 0 Å². The molecule has 1 aromatic rings. The van der Waals surface area contributed by atoms with E-state index in [0.29, 0.717) is 12.1 Å². The number of hydrogen-bond acceptors (Lipinski definition) is 4. The molecule has 1 amide bonds. The molecule has 0 aliphatic carbocycles. The third-order valence-corrected chi connectivity index (χ3v) is 2.40. The maximum absolute atomic E-state index is 12.1. The molecule has 0 saturated carbocycles. The van der Waals surface area contributed by atoms with Crippen LogP contribution in [0.5, 0.6) is 0 Å². The van der Waals surface area contributed by atoms with E-state index in [2.05, 4.69) is 11.1 Å². The van der Waals surface area contributed by atoms with Gasteiger partial charge in [-0.25, -0.2) is 4.79 Å². The molecule has 1 rings (SSSR count). The zero-order chi connectivity index (χ0) is 14.5. The molecule has 1 aromatic heterocycles. The van der Waals surface area contributed by atoms with Gasteiger partial charge in [0.15, 0.2) is 0 Å². The molecule has 0 unspecified atom stereocenters. The summed E-state index contributed by atoms with van der Waals surface area (Å²) in [5, 5.41) is 9.30. The number of hydrogen-bond donors (Lipinski definition) is 0. The van der Waals surface area contributed by atoms with Gasteiger partial charge in [-0.2, -0.15) is 5.26 Å². The minimum absolute atomic E-state index is 0.391. The van der Waals surface area contributed by atoms with Gasteiger partial charge in [0, 0.05) is 24.5 Å². The summed E-state index contributed by atoms with van der Waals surface area (Å²) in [4.78, 5) is 17.5. The summed E-state index contributed by atoms with van der Waals surface area (Å²) in [6.07, 6.45) is 2.72. The third-order valence-electron chi connectivity index (χ3n) is 2.40. The number of pyridine rings is 1. The van der Waals surface area contributed by atoms with Crippen LogP contribution in [0, 0.1) is 11.3 Å². The van der Waals surface area contributed by atoms with Gasteiger partial charge in [-0.1, -0.05) is 6.07 Å². The molecule has 5 nitrogen and oxygen atoms in total. The average molecular weight is 261 g/mol. The van der Waals surface area contributed by atoms with Gasteiger partial charge in [-0.3, -0.25) is 9.88 Å². The van der Waals surface area contributed by atoms with Crippen molar-refractivity contribution in [3.63, 3.8) is 0 Å². The first kappa shape index (κ1) is 15.0. The van der Waals surface area contributed by atoms with Crippen LogP contribution in [0.3, 0.4) is 0 Å². The molecule has 0 spiro atoms. The molecule has 5 heteroatoms. The predicted molar refractivity (Wildman–Crippen MR) is 71.2 cm³/mol. The van der Waals surface area contributed by atoms with Crippen molar-refractivity contribution in [1.29, 1.82) is 5.26 Å². The van der Waals surface area contributed by atoms with Gasteiger partial charge in [0.25, 0.3) is 0 Å². The lowest BCUT2D eigenvalue weighted by Gasteiger charge is -2.29. The number of carbonyl (C=O) groups is 1. The minimum atomic E-state index is -0.687. The largest absolute Gasteiger partial charge is 0.444 e. The lowest BCUT2D eigenvalue weighted by atomic mass is 10.1. The van der Waals surface area contributed by atoms with Gasteiger partial charge in [0.05, 0.1) is 6.07 Å². The van der Waals surface area contributed by atoms with Gasteiger partial charge >= 0.3 is 6.09 Å². The van der Waals surface area contributed by atoms with Gasteiger partial charge in [-0.15, -0.1) is 0 Å². The minimum Gasteiger partial charge on any atom is -0.444 e. The fraction of sp³-hybridized carbons (Fsp3) is 0.500. The molecule has 0 fully saturated rings. The Labute approximate surface area is 113 Å². The Morgan fingerprint density at radius 1 is 1.58 bits per heavy atom. The van der Waals surface area contributed by atoms with Crippen molar-refractivity contribution in [2.45, 2.75) is 39.3 Å². The van der Waals surface area contributed by atoms with Crippen LogP contribution in [0.25, 0.3) is 0 Å². The highest BCUT2D eigenvalue weighted by atomic mass is 16.6. The highest BCUT2D eigenvalue weighted by Gasteiger charge is 2.28. The maximum Gasteiger partial charge on any atom is 0.411 e. The molecule has 0 aliphatic heterocycles. The number of rotatable bonds is 3. The summed E-state index contributed by atoms with van der Waals surface area (Å²) in [5.74, 6) is 0. The molecule has 0 bridgehead atoms. The van der Waals surface area contributed by atoms with Crippen LogP contribution in [0.1, 0.15) is 39.3 Å². The summed E-state index contributed by atoms with van der Waals surface area (Å²) in [7, 11) is 0. The van der Waals surface area contributed by atoms with E-state index in [-0.39, 0.29) is 0 Å². The van der Waals surface area contributed by atoms with E-state index in [9.17, 15) is 10.1 Å². The summed E-state index contributed by atoms with van der Waals surface area (Å²) in [5.41, 5.74) is 0.0946. The molecule has 0 N–H and O–H groups in total. The molecule has 19 heavy (non-hydrogen) atoms. The second-order valence-corrected chi connectivity index (χ2v) is 5.08. The quantitative estimate of drug-likeness (QED) is 0.839. The van der Waals surface area contributed by atoms with Crippen molar-refractivity contribution in [3.05, 3.63) is 30.1 Å². The smallest absolute Gasteiger partial charge is 0.411 e. The van der Waals surface area contributed by atoms with Gasteiger partial charge in [0.2, 0.25) is 0 Å². The van der Waals surface area contributed by atoms with Gasteiger partial charge in [-0.05, 0) is 33.8 Å². The van der Waals surface area contributed by atoms with E-state index >= 15 is 0 Å². The number of aromatic nitrogens is 1. The van der Waals surface area contributed by atoms with E-state index in [1.807, 2.05) is 6.92 Å². The lowest BCUT2D eigenvalue weighted by Crippen LogP contribution is -2.38. The zero-order valence-corrected chi connectivity index (χ0v) is 11.8. The fourth-order valence-electron chi connectivity index (χ4n) is 1.60. The number of carbonyl (C=O) groups excluding carboxylic acids is 1. The maximum atomic E-state index is 12.1. The SMILES string of the molecule is CCN(C(=O)OC(C)(C)C)[C@H](C#N)c1cccnc1. The van der Waals surface area contributed by atoms with Crippen molar-refractivity contribution in [2.75, 3.05) is 6.54 Å². The molecule has 1 atom stereocenters. The Balaban J connectivity index is 2.95. The molecule has 0 aliphatic rings. The summed E-state index contributed by atoms with van der Waals surface area (Å²) < 4.78 is 5.31. The van der Waals surface area contributed by atoms with Crippen LogP contribution in [-0.4, -0.2) is 28.1 Å². The lowest BCUT2D eigenvalue weighted by molar-refractivity contribution is 0.0214. The molecule has 0 aromatic carbocycles. The predicted octanol–water partition coefficient (Wildman–Crippen LogP) is 2.90. The van der Waals surface area contributed by atoms with Crippen molar-refractivity contribution in [3.8, 4) is 6.07 Å². The normalized spacial score (nSPS) is 12.4. The highest BCUT2D eigenvalue weighted by molar-refractivity contribution is 5.69. The van der Waals surface area contributed by atoms with Crippen molar-refractivity contribution in [2.24, 2.45) is 0 Å². The van der Waals surface area contributed by atoms with E-state index < -0.39 is 17.7 Å². The molecular formula is C14H19N3O2. The van der Waals surface area contributed by atoms with Crippen molar-refractivity contribution in [1.82, 2.24) is 9.88 Å². The topological polar surface area (TPSA) is 66.2 Å². The first-order chi connectivity index (χ1) is 8.89. The second kappa shape index (κ2) is 6.19. The van der Waals surface area contributed by atoms with Crippen LogP contribution in [0.4, 0.5) is 4.79 Å². The van der Waals surface area contributed by atoms with E-state index in [1.165, 1.54) is 4.90 Å². The Kier molecular flexibility index (Phi) is 4.87. The standard InChI is InChI=1S/C14H19N3O2/c1-5-17(13(18)19-14(2,3)4)12(9-15)11-7-6-8-16-10-11/h6-8,10,12H,5H2,1-4H3/t12-/m1/s1. The highest BCUT2D eigenvalue weighted by Crippen LogP contribution is 2.21. The van der Waals surface area contributed by atoms with Crippen LogP contribution in [-0.2, 0) is 4.74 Å². The first-order valence-corrected chi connectivity index (χ1v) is 6.18. The number of nitriles is 1. The first-order valence-electron chi connectivity index (χ1n) is 6.18. The summed E-state index contributed by atoms with van der Waals surface area (Å²) in [6.45, 7) is 7.59. The Bertz CT molecular complexity index is 460. The average Bonchev–Trinajstić information content (AvgIpc) is 2.34. The number of ether oxygens (including phenoxy) is 1. The molecule has 1 heterocycles. The molecular weight excluding hydrogens is 242 g/mol. The Hall–Kier alpha value is -2.09.